The van der Waals surface area contributed by atoms with E-state index in [9.17, 15) is 4.79 Å². The van der Waals surface area contributed by atoms with Gasteiger partial charge in [-0.05, 0) is 82.6 Å². The first-order valence-corrected chi connectivity index (χ1v) is 19.1. The Morgan fingerprint density at radius 3 is 2.37 bits per heavy atom. The van der Waals surface area contributed by atoms with Crippen LogP contribution in [0.5, 0.6) is 17.2 Å². The van der Waals surface area contributed by atoms with E-state index in [4.69, 9.17) is 14.2 Å². The van der Waals surface area contributed by atoms with Crippen molar-refractivity contribution >= 4 is 41.0 Å². The highest BCUT2D eigenvalue weighted by molar-refractivity contribution is 5.93. The van der Waals surface area contributed by atoms with Crippen LogP contribution in [0.3, 0.4) is 0 Å². The minimum Gasteiger partial charge on any atom is -0.496 e. The summed E-state index contributed by atoms with van der Waals surface area (Å²) in [6, 6.07) is 9.52. The molecule has 0 saturated heterocycles. The van der Waals surface area contributed by atoms with Gasteiger partial charge in [-0.15, -0.1) is 12.4 Å². The Morgan fingerprint density at radius 1 is 0.882 bits per heavy atom. The lowest BCUT2D eigenvalue weighted by Gasteiger charge is -2.39. The molecule has 3 aromatic rings. The van der Waals surface area contributed by atoms with Crippen molar-refractivity contribution in [2.75, 3.05) is 81.8 Å². The predicted octanol–water partition coefficient (Wildman–Crippen LogP) is 5.79. The zero-order valence-corrected chi connectivity index (χ0v) is 32.0. The van der Waals surface area contributed by atoms with Gasteiger partial charge in [0.15, 0.2) is 0 Å². The largest absolute Gasteiger partial charge is 0.496 e. The third-order valence-corrected chi connectivity index (χ3v) is 11.6. The number of methoxy groups -OCH3 is 1. The maximum atomic E-state index is 12.2. The van der Waals surface area contributed by atoms with Crippen LogP contribution in [0.15, 0.2) is 24.3 Å². The van der Waals surface area contributed by atoms with Crippen LogP contribution in [0.4, 0.5) is 17.1 Å². The molecule has 5 aliphatic rings. The van der Waals surface area contributed by atoms with Crippen LogP contribution in [0.1, 0.15) is 85.8 Å². The van der Waals surface area contributed by atoms with Gasteiger partial charge in [0.1, 0.15) is 30.3 Å². The van der Waals surface area contributed by atoms with E-state index in [1.54, 1.807) is 7.11 Å². The molecule has 0 saturated carbocycles. The summed E-state index contributed by atoms with van der Waals surface area (Å²) in [7, 11) is 6.06. The number of ether oxygens (including phenoxy) is 3. The summed E-state index contributed by atoms with van der Waals surface area (Å²) >= 11 is 0. The second-order valence-electron chi connectivity index (χ2n) is 14.8. The summed E-state index contributed by atoms with van der Waals surface area (Å²) in [5.41, 5.74) is 13.0. The maximum absolute atomic E-state index is 12.2. The number of carbonyl (C=O) groups excluding carboxylic acids is 1. The quantitative estimate of drug-likeness (QED) is 0.153. The molecule has 0 bridgehead atoms. The average molecular weight is 714 g/mol. The number of anilines is 3. The van der Waals surface area contributed by atoms with E-state index in [1.165, 1.54) is 62.5 Å². The van der Waals surface area contributed by atoms with Crippen LogP contribution in [0.25, 0.3) is 5.57 Å². The fraction of sp³-hybridized carbons (Fsp3) is 0.524. The molecule has 0 aliphatic carbocycles. The van der Waals surface area contributed by atoms with E-state index in [-0.39, 0.29) is 18.4 Å². The molecule has 0 unspecified atom stereocenters. The summed E-state index contributed by atoms with van der Waals surface area (Å²) in [5, 5.41) is 2.65. The van der Waals surface area contributed by atoms with E-state index in [0.717, 1.165) is 118 Å². The molecule has 272 valence electrons. The normalized spacial score (nSPS) is 16.5. The number of hydrogen-bond donors (Lipinski definition) is 0. The summed E-state index contributed by atoms with van der Waals surface area (Å²) in [4.78, 5) is 19.4. The van der Waals surface area contributed by atoms with Gasteiger partial charge < -0.3 is 28.9 Å². The van der Waals surface area contributed by atoms with Crippen molar-refractivity contribution in [3.8, 4) is 17.2 Å². The molecule has 51 heavy (non-hydrogen) atoms. The first-order valence-electron chi connectivity index (χ1n) is 19.1. The van der Waals surface area contributed by atoms with E-state index < -0.39 is 0 Å². The molecular weight excluding hydrogens is 660 g/mol. The van der Waals surface area contributed by atoms with Gasteiger partial charge in [-0.3, -0.25) is 4.79 Å². The molecule has 0 atom stereocenters. The molecule has 0 amide bonds. The number of fused-ring (bicyclic) bond motifs is 4. The highest BCUT2D eigenvalue weighted by atomic mass is 35.5. The van der Waals surface area contributed by atoms with Gasteiger partial charge in [0, 0.05) is 104 Å². The molecule has 0 aromatic heterocycles. The van der Waals surface area contributed by atoms with Crippen molar-refractivity contribution < 1.29 is 19.0 Å². The molecular formula is C42H54ClN4O4+. The lowest BCUT2D eigenvalue weighted by molar-refractivity contribution is -0.143. The van der Waals surface area contributed by atoms with Gasteiger partial charge in [0.05, 0.1) is 30.7 Å². The number of rotatable bonds is 10. The lowest BCUT2D eigenvalue weighted by atomic mass is 9.82. The molecule has 0 radical (unpaired) electrons. The summed E-state index contributed by atoms with van der Waals surface area (Å²) < 4.78 is 21.5. The highest BCUT2D eigenvalue weighted by Crippen LogP contribution is 2.50. The standard InChI is InChI=1S/C42H53N4O4.ClH/c1-6-44(18-12-17-37(47)49-7-2)35-26-36(48-5)31(25-34(35)43(3)4)38-32-23-27-13-8-19-45-21-10-15-29(39(27)45)41(32)50-42-30-16-11-22-46-20-9-14-28(40(30)46)24-33(38)42;/h23-26H,6-22H2,1-5H3;1H/q+1;. The summed E-state index contributed by atoms with van der Waals surface area (Å²) in [6.07, 6.45) is 10.1. The van der Waals surface area contributed by atoms with Gasteiger partial charge in [0.2, 0.25) is 5.36 Å². The van der Waals surface area contributed by atoms with E-state index in [2.05, 4.69) is 64.6 Å². The zero-order valence-electron chi connectivity index (χ0n) is 31.2. The fourth-order valence-corrected chi connectivity index (χ4v) is 9.43. The number of hydrogen-bond acceptors (Lipinski definition) is 7. The molecule has 9 heteroatoms. The summed E-state index contributed by atoms with van der Waals surface area (Å²) in [6.45, 7) is 10.6. The number of carbonyl (C=O) groups is 1. The molecule has 3 aromatic carbocycles. The van der Waals surface area contributed by atoms with Crippen molar-refractivity contribution in [1.82, 2.24) is 4.58 Å². The Hall–Kier alpha value is -3.91. The summed E-state index contributed by atoms with van der Waals surface area (Å²) in [5.74, 6) is 2.86. The van der Waals surface area contributed by atoms with Gasteiger partial charge in [-0.25, -0.2) is 4.58 Å². The second-order valence-corrected chi connectivity index (χ2v) is 14.8. The zero-order chi connectivity index (χ0) is 34.5. The first kappa shape index (κ1) is 35.5. The Labute approximate surface area is 309 Å². The fourth-order valence-electron chi connectivity index (χ4n) is 9.43. The average Bonchev–Trinajstić information content (AvgIpc) is 3.13. The number of esters is 1. The SMILES string of the molecule is CCOC(=O)CCCN(CC)c1cc(OC)c(C2=c3cc4c5c(c3Oc3c2cc2c6c3CCCN6CCC2)CCC[N+]=5CCC4)cc1N(C)C.Cl. The second kappa shape index (κ2) is 14.6. The highest BCUT2D eigenvalue weighted by Gasteiger charge is 2.36. The van der Waals surface area contributed by atoms with Crippen LogP contribution >= 0.6 is 12.4 Å². The van der Waals surface area contributed by atoms with E-state index in [0.29, 0.717) is 13.0 Å². The maximum Gasteiger partial charge on any atom is 0.305 e. The van der Waals surface area contributed by atoms with Crippen LogP contribution in [0.2, 0.25) is 0 Å². The van der Waals surface area contributed by atoms with Gasteiger partial charge in [0.25, 0.3) is 0 Å². The molecule has 8 rings (SSSR count). The molecule has 0 spiro atoms. The van der Waals surface area contributed by atoms with Crippen molar-refractivity contribution in [2.24, 2.45) is 0 Å². The molecule has 0 N–H and O–H groups in total. The van der Waals surface area contributed by atoms with Gasteiger partial charge in [-0.1, -0.05) is 0 Å². The van der Waals surface area contributed by atoms with Crippen molar-refractivity contribution in [3.63, 3.8) is 0 Å². The molecule has 5 aliphatic heterocycles. The van der Waals surface area contributed by atoms with Crippen molar-refractivity contribution in [3.05, 3.63) is 68.2 Å². The number of nitrogens with zero attached hydrogens (tertiary/aromatic N) is 4. The van der Waals surface area contributed by atoms with Gasteiger partial charge in [-0.2, -0.15) is 0 Å². The monoisotopic (exact) mass is 713 g/mol. The third-order valence-electron chi connectivity index (χ3n) is 11.6. The predicted molar refractivity (Wildman–Crippen MR) is 209 cm³/mol. The minimum absolute atomic E-state index is 0. The Balaban J connectivity index is 0.00000406. The lowest BCUT2D eigenvalue weighted by Crippen LogP contribution is -2.45. The molecule has 5 heterocycles. The number of aryl methyl sites for hydroxylation is 2. The molecule has 0 fully saturated rings. The smallest absolute Gasteiger partial charge is 0.305 e. The Morgan fingerprint density at radius 2 is 1.63 bits per heavy atom. The Bertz CT molecular complexity index is 1980. The topological polar surface area (TPSA) is 57.5 Å². The van der Waals surface area contributed by atoms with Gasteiger partial charge >= 0.3 is 5.97 Å². The van der Waals surface area contributed by atoms with Crippen LogP contribution in [0, 0.1) is 0 Å². The van der Waals surface area contributed by atoms with Crippen LogP contribution in [-0.4, -0.2) is 73.0 Å². The minimum atomic E-state index is -0.133. The van der Waals surface area contributed by atoms with E-state index in [1.807, 2.05) is 6.92 Å². The first-order chi connectivity index (χ1) is 24.4. The Kier molecular flexibility index (Phi) is 10.2. The van der Waals surface area contributed by atoms with Crippen molar-refractivity contribution in [2.45, 2.75) is 78.1 Å². The molecule has 8 nitrogen and oxygen atoms in total. The number of halogens is 1. The van der Waals surface area contributed by atoms with E-state index >= 15 is 0 Å². The third kappa shape index (κ3) is 6.11. The van der Waals surface area contributed by atoms with Crippen LogP contribution in [-0.2, 0) is 35.2 Å². The van der Waals surface area contributed by atoms with Crippen molar-refractivity contribution in [1.29, 1.82) is 0 Å². The number of benzene rings is 3. The van der Waals surface area contributed by atoms with Crippen LogP contribution < -0.4 is 39.3 Å².